The standard InChI is InChI=1S/C18H28BrNO/c1-15(2)20-14-18(11-5-3-4-6-12-18)21-13-16-7-9-17(19)10-8-16/h7-10,15,20H,3-6,11-14H2,1-2H3. The number of nitrogens with one attached hydrogen (secondary N) is 1. The molecule has 2 nitrogen and oxygen atoms in total. The summed E-state index contributed by atoms with van der Waals surface area (Å²) in [7, 11) is 0. The number of benzene rings is 1. The van der Waals surface area contributed by atoms with Crippen LogP contribution in [0.1, 0.15) is 57.9 Å². The zero-order valence-electron chi connectivity index (χ0n) is 13.3. The molecule has 1 aliphatic rings. The highest BCUT2D eigenvalue weighted by Gasteiger charge is 2.31. The summed E-state index contributed by atoms with van der Waals surface area (Å²) in [5.41, 5.74) is 1.28. The van der Waals surface area contributed by atoms with Crippen LogP contribution in [0.4, 0.5) is 0 Å². The van der Waals surface area contributed by atoms with E-state index < -0.39 is 0 Å². The molecule has 1 aliphatic carbocycles. The lowest BCUT2D eigenvalue weighted by Crippen LogP contribution is -2.44. The van der Waals surface area contributed by atoms with E-state index in [4.69, 9.17) is 4.74 Å². The van der Waals surface area contributed by atoms with E-state index in [2.05, 4.69) is 59.4 Å². The van der Waals surface area contributed by atoms with Crippen LogP contribution < -0.4 is 5.32 Å². The fraction of sp³-hybridized carbons (Fsp3) is 0.667. The van der Waals surface area contributed by atoms with Crippen LogP contribution in [-0.2, 0) is 11.3 Å². The second kappa shape index (κ2) is 8.30. The Morgan fingerprint density at radius 3 is 2.29 bits per heavy atom. The number of ether oxygens (including phenoxy) is 1. The van der Waals surface area contributed by atoms with E-state index in [1.165, 1.54) is 44.1 Å². The Morgan fingerprint density at radius 2 is 1.71 bits per heavy atom. The van der Waals surface area contributed by atoms with Gasteiger partial charge in [-0.05, 0) is 30.5 Å². The second-order valence-electron chi connectivity index (χ2n) is 6.55. The van der Waals surface area contributed by atoms with Crippen LogP contribution in [0.2, 0.25) is 0 Å². The summed E-state index contributed by atoms with van der Waals surface area (Å²) in [6.45, 7) is 6.10. The normalized spacial score (nSPS) is 18.7. The van der Waals surface area contributed by atoms with Crippen LogP contribution in [-0.4, -0.2) is 18.2 Å². The van der Waals surface area contributed by atoms with E-state index >= 15 is 0 Å². The van der Waals surface area contributed by atoms with Crippen LogP contribution in [0.3, 0.4) is 0 Å². The molecule has 1 saturated carbocycles. The van der Waals surface area contributed by atoms with E-state index in [1.54, 1.807) is 0 Å². The highest BCUT2D eigenvalue weighted by Crippen LogP contribution is 2.31. The van der Waals surface area contributed by atoms with Gasteiger partial charge in [0.2, 0.25) is 0 Å². The first-order valence-electron chi connectivity index (χ1n) is 8.21. The molecule has 1 N–H and O–H groups in total. The van der Waals surface area contributed by atoms with Crippen molar-refractivity contribution in [2.45, 2.75) is 70.6 Å². The van der Waals surface area contributed by atoms with E-state index in [1.807, 2.05) is 0 Å². The van der Waals surface area contributed by atoms with Crippen molar-refractivity contribution >= 4 is 15.9 Å². The minimum Gasteiger partial charge on any atom is -0.369 e. The zero-order valence-corrected chi connectivity index (χ0v) is 14.9. The highest BCUT2D eigenvalue weighted by molar-refractivity contribution is 9.10. The van der Waals surface area contributed by atoms with E-state index in [-0.39, 0.29) is 5.60 Å². The first-order valence-corrected chi connectivity index (χ1v) is 9.01. The molecule has 21 heavy (non-hydrogen) atoms. The molecule has 0 radical (unpaired) electrons. The largest absolute Gasteiger partial charge is 0.369 e. The Morgan fingerprint density at radius 1 is 1.10 bits per heavy atom. The Hall–Kier alpha value is -0.380. The second-order valence-corrected chi connectivity index (χ2v) is 7.46. The van der Waals surface area contributed by atoms with E-state index in [0.717, 1.165) is 11.0 Å². The number of halogens is 1. The molecular formula is C18H28BrNO. The van der Waals surface area contributed by atoms with Gasteiger partial charge >= 0.3 is 0 Å². The summed E-state index contributed by atoms with van der Waals surface area (Å²) in [5.74, 6) is 0. The van der Waals surface area contributed by atoms with Crippen molar-refractivity contribution in [2.24, 2.45) is 0 Å². The van der Waals surface area contributed by atoms with Gasteiger partial charge in [0.05, 0.1) is 12.2 Å². The minimum absolute atomic E-state index is 0.0217. The lowest BCUT2D eigenvalue weighted by molar-refractivity contribution is -0.0665. The van der Waals surface area contributed by atoms with Crippen molar-refractivity contribution in [1.82, 2.24) is 5.32 Å². The molecule has 0 saturated heterocycles. The van der Waals surface area contributed by atoms with Crippen LogP contribution in [0, 0.1) is 0 Å². The van der Waals surface area contributed by atoms with Crippen LogP contribution in [0.15, 0.2) is 28.7 Å². The zero-order chi connectivity index (χ0) is 15.1. The number of rotatable bonds is 6. The maximum atomic E-state index is 6.45. The smallest absolute Gasteiger partial charge is 0.0810 e. The van der Waals surface area contributed by atoms with Gasteiger partial charge < -0.3 is 10.1 Å². The summed E-state index contributed by atoms with van der Waals surface area (Å²) in [6.07, 6.45) is 7.66. The van der Waals surface area contributed by atoms with E-state index in [9.17, 15) is 0 Å². The summed E-state index contributed by atoms with van der Waals surface area (Å²) in [6, 6.07) is 8.98. The maximum Gasteiger partial charge on any atom is 0.0810 e. The Labute approximate surface area is 137 Å². The molecule has 2 rings (SSSR count). The topological polar surface area (TPSA) is 21.3 Å². The molecule has 1 aromatic carbocycles. The Bertz CT molecular complexity index is 408. The first-order chi connectivity index (χ1) is 10.1. The average Bonchev–Trinajstić information content (AvgIpc) is 2.71. The predicted molar refractivity (Wildman–Crippen MR) is 92.5 cm³/mol. The molecule has 118 valence electrons. The molecule has 1 aromatic rings. The first kappa shape index (κ1) is 17.0. The van der Waals surface area contributed by atoms with Gasteiger partial charge in [-0.3, -0.25) is 0 Å². The van der Waals surface area contributed by atoms with Crippen LogP contribution in [0.5, 0.6) is 0 Å². The third kappa shape index (κ3) is 5.72. The molecule has 0 heterocycles. The van der Waals surface area contributed by atoms with Gasteiger partial charge in [-0.2, -0.15) is 0 Å². The SMILES string of the molecule is CC(C)NCC1(OCc2ccc(Br)cc2)CCCCCC1. The van der Waals surface area contributed by atoms with Gasteiger partial charge in [-0.25, -0.2) is 0 Å². The van der Waals surface area contributed by atoms with Gasteiger partial charge in [-0.15, -0.1) is 0 Å². The molecule has 0 bridgehead atoms. The fourth-order valence-corrected chi connectivity index (χ4v) is 3.22. The van der Waals surface area contributed by atoms with Crippen LogP contribution >= 0.6 is 15.9 Å². The monoisotopic (exact) mass is 353 g/mol. The summed E-state index contributed by atoms with van der Waals surface area (Å²) < 4.78 is 7.57. The van der Waals surface area contributed by atoms with Gasteiger partial charge in [0.15, 0.2) is 0 Å². The minimum atomic E-state index is 0.0217. The van der Waals surface area contributed by atoms with Crippen molar-refractivity contribution < 1.29 is 4.74 Å². The molecule has 0 aliphatic heterocycles. The molecule has 0 aromatic heterocycles. The van der Waals surface area contributed by atoms with Gasteiger partial charge in [0.1, 0.15) is 0 Å². The number of hydrogen-bond acceptors (Lipinski definition) is 2. The van der Waals surface area contributed by atoms with Crippen molar-refractivity contribution in [1.29, 1.82) is 0 Å². The van der Waals surface area contributed by atoms with Gasteiger partial charge in [-0.1, -0.05) is 67.6 Å². The summed E-state index contributed by atoms with van der Waals surface area (Å²) in [4.78, 5) is 0. The van der Waals surface area contributed by atoms with Crippen molar-refractivity contribution in [3.63, 3.8) is 0 Å². The number of hydrogen-bond donors (Lipinski definition) is 1. The average molecular weight is 354 g/mol. The Kier molecular flexibility index (Phi) is 6.72. The third-order valence-electron chi connectivity index (χ3n) is 4.31. The quantitative estimate of drug-likeness (QED) is 0.721. The predicted octanol–water partition coefficient (Wildman–Crippen LogP) is 5.06. The molecule has 0 atom stereocenters. The van der Waals surface area contributed by atoms with Crippen molar-refractivity contribution in [2.75, 3.05) is 6.54 Å². The molecule has 0 amide bonds. The fourth-order valence-electron chi connectivity index (χ4n) is 2.95. The highest BCUT2D eigenvalue weighted by atomic mass is 79.9. The molecular weight excluding hydrogens is 326 g/mol. The van der Waals surface area contributed by atoms with Crippen molar-refractivity contribution in [3.8, 4) is 0 Å². The summed E-state index contributed by atoms with van der Waals surface area (Å²) in [5, 5.41) is 3.60. The lowest BCUT2D eigenvalue weighted by Gasteiger charge is -2.34. The van der Waals surface area contributed by atoms with Gasteiger partial charge in [0.25, 0.3) is 0 Å². The van der Waals surface area contributed by atoms with E-state index in [0.29, 0.717) is 12.6 Å². The van der Waals surface area contributed by atoms with Crippen molar-refractivity contribution in [3.05, 3.63) is 34.3 Å². The molecule has 0 unspecified atom stereocenters. The molecule has 3 heteroatoms. The van der Waals surface area contributed by atoms with Gasteiger partial charge in [0, 0.05) is 17.1 Å². The summed E-state index contributed by atoms with van der Waals surface area (Å²) >= 11 is 3.48. The lowest BCUT2D eigenvalue weighted by atomic mass is 9.93. The van der Waals surface area contributed by atoms with Crippen LogP contribution in [0.25, 0.3) is 0 Å². The molecule has 1 fully saturated rings. The molecule has 0 spiro atoms. The Balaban J connectivity index is 1.98. The maximum absolute atomic E-state index is 6.45. The third-order valence-corrected chi connectivity index (χ3v) is 4.83.